The van der Waals surface area contributed by atoms with Crippen molar-refractivity contribution in [2.75, 3.05) is 14.1 Å². The fourth-order valence-corrected chi connectivity index (χ4v) is 1.94. The minimum atomic E-state index is 0.839. The van der Waals surface area contributed by atoms with Gasteiger partial charge in [0.2, 0.25) is 0 Å². The summed E-state index contributed by atoms with van der Waals surface area (Å²) >= 11 is 1.64. The van der Waals surface area contributed by atoms with E-state index in [-0.39, 0.29) is 0 Å². The molecule has 0 fully saturated rings. The summed E-state index contributed by atoms with van der Waals surface area (Å²) < 4.78 is 0. The van der Waals surface area contributed by atoms with Crippen molar-refractivity contribution in [1.82, 2.24) is 4.90 Å². The van der Waals surface area contributed by atoms with Gasteiger partial charge in [-0.25, -0.2) is 0 Å². The first-order valence-corrected chi connectivity index (χ1v) is 4.70. The molecule has 0 radical (unpaired) electrons. The normalized spacial score (nSPS) is 10.7. The quantitative estimate of drug-likeness (QED) is 0.667. The van der Waals surface area contributed by atoms with Crippen molar-refractivity contribution < 1.29 is 4.79 Å². The van der Waals surface area contributed by atoms with Gasteiger partial charge in [0.15, 0.2) is 6.29 Å². The zero-order valence-electron chi connectivity index (χ0n) is 7.63. The summed E-state index contributed by atoms with van der Waals surface area (Å²) in [6, 6.07) is 0. The molecule has 2 nitrogen and oxygen atoms in total. The monoisotopic (exact) mass is 183 g/mol. The summed E-state index contributed by atoms with van der Waals surface area (Å²) in [6.07, 6.45) is 0.933. The first-order valence-electron chi connectivity index (χ1n) is 3.82. The lowest BCUT2D eigenvalue weighted by Gasteiger charge is -2.09. The molecule has 0 aliphatic heterocycles. The molecule has 0 unspecified atom stereocenters. The van der Waals surface area contributed by atoms with E-state index in [1.165, 1.54) is 10.4 Å². The molecule has 0 aromatic carbocycles. The first-order chi connectivity index (χ1) is 5.65. The van der Waals surface area contributed by atoms with Crippen LogP contribution in [0.25, 0.3) is 0 Å². The maximum absolute atomic E-state index is 10.6. The van der Waals surface area contributed by atoms with Crippen LogP contribution >= 0.6 is 11.3 Å². The number of hydrogen-bond acceptors (Lipinski definition) is 3. The average molecular weight is 183 g/mol. The molecule has 1 rings (SSSR count). The Kier molecular flexibility index (Phi) is 3.00. The zero-order valence-corrected chi connectivity index (χ0v) is 8.44. The number of hydrogen-bond donors (Lipinski definition) is 0. The van der Waals surface area contributed by atoms with Crippen LogP contribution in [0.1, 0.15) is 20.8 Å². The lowest BCUT2D eigenvalue weighted by atomic mass is 10.1. The Labute approximate surface area is 76.8 Å². The minimum Gasteiger partial charge on any atom is -0.305 e. The van der Waals surface area contributed by atoms with Crippen molar-refractivity contribution in [3.8, 4) is 0 Å². The molecule has 3 heteroatoms. The molecule has 0 saturated heterocycles. The SMILES string of the molecule is Cc1scc(C=O)c1CN(C)C. The molecule has 12 heavy (non-hydrogen) atoms. The van der Waals surface area contributed by atoms with Gasteiger partial charge in [-0.05, 0) is 26.6 Å². The topological polar surface area (TPSA) is 20.3 Å². The summed E-state index contributed by atoms with van der Waals surface area (Å²) in [4.78, 5) is 13.9. The number of rotatable bonds is 3. The van der Waals surface area contributed by atoms with Gasteiger partial charge in [0, 0.05) is 22.4 Å². The molecule has 0 spiro atoms. The number of aldehydes is 1. The molecule has 0 aliphatic carbocycles. The summed E-state index contributed by atoms with van der Waals surface area (Å²) in [5.74, 6) is 0. The predicted molar refractivity (Wildman–Crippen MR) is 51.8 cm³/mol. The molecule has 1 aromatic rings. The molecule has 66 valence electrons. The second-order valence-electron chi connectivity index (χ2n) is 3.08. The molecule has 1 heterocycles. The zero-order chi connectivity index (χ0) is 9.14. The van der Waals surface area contributed by atoms with Gasteiger partial charge in [-0.1, -0.05) is 0 Å². The molecule has 0 saturated carbocycles. The summed E-state index contributed by atoms with van der Waals surface area (Å²) in [5.41, 5.74) is 2.01. The number of nitrogens with zero attached hydrogens (tertiary/aromatic N) is 1. The van der Waals surface area contributed by atoms with Gasteiger partial charge >= 0.3 is 0 Å². The van der Waals surface area contributed by atoms with Gasteiger partial charge in [0.25, 0.3) is 0 Å². The lowest BCUT2D eigenvalue weighted by molar-refractivity contribution is 0.112. The van der Waals surface area contributed by atoms with E-state index in [0.717, 1.165) is 18.4 Å². The lowest BCUT2D eigenvalue weighted by Crippen LogP contribution is -2.11. The molecule has 0 bridgehead atoms. The first kappa shape index (κ1) is 9.42. The van der Waals surface area contributed by atoms with Crippen molar-refractivity contribution in [3.05, 3.63) is 21.4 Å². The van der Waals surface area contributed by atoms with E-state index in [4.69, 9.17) is 0 Å². The highest BCUT2D eigenvalue weighted by molar-refractivity contribution is 7.10. The second kappa shape index (κ2) is 3.83. The Hall–Kier alpha value is -0.670. The van der Waals surface area contributed by atoms with Gasteiger partial charge in [-0.15, -0.1) is 11.3 Å². The van der Waals surface area contributed by atoms with Crippen molar-refractivity contribution in [2.45, 2.75) is 13.5 Å². The minimum absolute atomic E-state index is 0.839. The van der Waals surface area contributed by atoms with Crippen molar-refractivity contribution in [1.29, 1.82) is 0 Å². The van der Waals surface area contributed by atoms with Crippen LogP contribution in [0.5, 0.6) is 0 Å². The smallest absolute Gasteiger partial charge is 0.151 e. The fraction of sp³-hybridized carbons (Fsp3) is 0.444. The number of thiophene rings is 1. The van der Waals surface area contributed by atoms with Crippen LogP contribution in [-0.2, 0) is 6.54 Å². The summed E-state index contributed by atoms with van der Waals surface area (Å²) in [5, 5.41) is 1.92. The molecule has 0 atom stereocenters. The van der Waals surface area contributed by atoms with Crippen molar-refractivity contribution in [3.63, 3.8) is 0 Å². The molecular formula is C9H13NOS. The van der Waals surface area contributed by atoms with Gasteiger partial charge < -0.3 is 4.90 Å². The number of carbonyl (C=O) groups is 1. The van der Waals surface area contributed by atoms with Crippen LogP contribution in [-0.4, -0.2) is 25.3 Å². The maximum atomic E-state index is 10.6. The van der Waals surface area contributed by atoms with Crippen molar-refractivity contribution in [2.24, 2.45) is 0 Å². The molecule has 0 N–H and O–H groups in total. The summed E-state index contributed by atoms with van der Waals surface area (Å²) in [7, 11) is 4.01. The second-order valence-corrected chi connectivity index (χ2v) is 4.17. The largest absolute Gasteiger partial charge is 0.305 e. The third-order valence-corrected chi connectivity index (χ3v) is 2.71. The Morgan fingerprint density at radius 1 is 1.58 bits per heavy atom. The molecular weight excluding hydrogens is 170 g/mol. The van der Waals surface area contributed by atoms with E-state index >= 15 is 0 Å². The van der Waals surface area contributed by atoms with Crippen LogP contribution in [0.15, 0.2) is 5.38 Å². The van der Waals surface area contributed by atoms with Gasteiger partial charge in [-0.3, -0.25) is 4.79 Å². The van der Waals surface area contributed by atoms with E-state index in [1.54, 1.807) is 11.3 Å². The third kappa shape index (κ3) is 1.93. The van der Waals surface area contributed by atoms with Gasteiger partial charge in [0.1, 0.15) is 0 Å². The van der Waals surface area contributed by atoms with E-state index in [0.29, 0.717) is 0 Å². The highest BCUT2D eigenvalue weighted by Gasteiger charge is 2.07. The van der Waals surface area contributed by atoms with Crippen LogP contribution < -0.4 is 0 Å². The molecule has 0 aliphatic rings. The Morgan fingerprint density at radius 3 is 2.75 bits per heavy atom. The predicted octanol–water partition coefficient (Wildman–Crippen LogP) is 1.93. The van der Waals surface area contributed by atoms with E-state index in [9.17, 15) is 4.79 Å². The Bertz CT molecular complexity index is 278. The average Bonchev–Trinajstić information content (AvgIpc) is 2.32. The van der Waals surface area contributed by atoms with Crippen LogP contribution in [0, 0.1) is 6.92 Å². The van der Waals surface area contributed by atoms with E-state index < -0.39 is 0 Å². The summed E-state index contributed by atoms with van der Waals surface area (Å²) in [6.45, 7) is 2.90. The standard InChI is InChI=1S/C9H13NOS/c1-7-9(4-10(2)3)8(5-11)6-12-7/h5-6H,4H2,1-3H3. The van der Waals surface area contributed by atoms with Crippen LogP contribution in [0.4, 0.5) is 0 Å². The Morgan fingerprint density at radius 2 is 2.25 bits per heavy atom. The highest BCUT2D eigenvalue weighted by atomic mass is 32.1. The highest BCUT2D eigenvalue weighted by Crippen LogP contribution is 2.21. The maximum Gasteiger partial charge on any atom is 0.151 e. The third-order valence-electron chi connectivity index (χ3n) is 1.74. The van der Waals surface area contributed by atoms with Crippen LogP contribution in [0.3, 0.4) is 0 Å². The fourth-order valence-electron chi connectivity index (χ4n) is 1.12. The number of carbonyl (C=O) groups excluding carboxylic acids is 1. The number of aryl methyl sites for hydroxylation is 1. The van der Waals surface area contributed by atoms with Crippen LogP contribution in [0.2, 0.25) is 0 Å². The Balaban J connectivity index is 2.94. The van der Waals surface area contributed by atoms with Gasteiger partial charge in [-0.2, -0.15) is 0 Å². The van der Waals surface area contributed by atoms with E-state index in [2.05, 4.69) is 11.8 Å². The van der Waals surface area contributed by atoms with Crippen molar-refractivity contribution >= 4 is 17.6 Å². The van der Waals surface area contributed by atoms with E-state index in [1.807, 2.05) is 19.5 Å². The van der Waals surface area contributed by atoms with Gasteiger partial charge in [0.05, 0.1) is 0 Å². The molecule has 1 aromatic heterocycles. The molecule has 0 amide bonds.